The highest BCUT2D eigenvalue weighted by atomic mass is 16.1. The summed E-state index contributed by atoms with van der Waals surface area (Å²) in [5, 5.41) is 0. The molecule has 0 amide bonds. The smallest absolute Gasteiger partial charge is 0.182 e. The summed E-state index contributed by atoms with van der Waals surface area (Å²) in [6, 6.07) is 14.2. The third-order valence-electron chi connectivity index (χ3n) is 2.72. The molecule has 3 rings (SSSR count). The van der Waals surface area contributed by atoms with E-state index in [9.17, 15) is 4.79 Å². The first kappa shape index (κ1) is 13.7. The van der Waals surface area contributed by atoms with Gasteiger partial charge in [-0.2, -0.15) is 0 Å². The number of hydrogen-bond donors (Lipinski definition) is 1. The van der Waals surface area contributed by atoms with Crippen molar-refractivity contribution in [3.05, 3.63) is 71.1 Å². The average Bonchev–Trinajstić information content (AvgIpc) is 2.48. The Morgan fingerprint density at radius 2 is 1.30 bits per heavy atom. The van der Waals surface area contributed by atoms with Crippen LogP contribution in [0.3, 0.4) is 0 Å². The van der Waals surface area contributed by atoms with Crippen molar-refractivity contribution < 1.29 is 0 Å². The molecule has 0 aliphatic carbocycles. The Balaban J connectivity index is 0.00000147. The molecule has 100 valence electrons. The van der Waals surface area contributed by atoms with Crippen LogP contribution in [0.25, 0.3) is 22.8 Å². The van der Waals surface area contributed by atoms with Crippen LogP contribution in [0.1, 0.15) is 7.43 Å². The summed E-state index contributed by atoms with van der Waals surface area (Å²) in [7, 11) is 0. The summed E-state index contributed by atoms with van der Waals surface area (Å²) < 4.78 is 0. The standard InChI is InChI=1S/C15H11N3O.CH4/c19-11-9-14(12-5-1-3-7-16-12)18-15(10-11)13-6-2-4-8-17-13;/h1-10H,(H,18,19);1H4. The van der Waals surface area contributed by atoms with Crippen molar-refractivity contribution in [3.63, 3.8) is 0 Å². The van der Waals surface area contributed by atoms with Crippen molar-refractivity contribution in [2.75, 3.05) is 0 Å². The molecule has 0 saturated carbocycles. The lowest BCUT2D eigenvalue weighted by Crippen LogP contribution is -2.03. The zero-order valence-corrected chi connectivity index (χ0v) is 10.1. The van der Waals surface area contributed by atoms with Crippen molar-refractivity contribution in [3.8, 4) is 22.8 Å². The summed E-state index contributed by atoms with van der Waals surface area (Å²) in [5.74, 6) is 0. The van der Waals surface area contributed by atoms with Crippen LogP contribution < -0.4 is 5.43 Å². The Hall–Kier alpha value is -2.75. The summed E-state index contributed by atoms with van der Waals surface area (Å²) in [4.78, 5) is 23.4. The maximum Gasteiger partial charge on any atom is 0.182 e. The number of aromatic amines is 1. The monoisotopic (exact) mass is 265 g/mol. The molecule has 20 heavy (non-hydrogen) atoms. The first-order valence-electron chi connectivity index (χ1n) is 5.90. The molecular weight excluding hydrogens is 250 g/mol. The molecule has 0 radical (unpaired) electrons. The van der Waals surface area contributed by atoms with E-state index < -0.39 is 0 Å². The first-order chi connectivity index (χ1) is 9.33. The van der Waals surface area contributed by atoms with E-state index >= 15 is 0 Å². The van der Waals surface area contributed by atoms with Crippen molar-refractivity contribution in [1.82, 2.24) is 15.0 Å². The lowest BCUT2D eigenvalue weighted by Gasteiger charge is -2.05. The normalized spacial score (nSPS) is 9.80. The van der Waals surface area contributed by atoms with Gasteiger partial charge >= 0.3 is 0 Å². The van der Waals surface area contributed by atoms with E-state index in [0.29, 0.717) is 11.4 Å². The number of nitrogens with zero attached hydrogens (tertiary/aromatic N) is 2. The number of nitrogens with one attached hydrogen (secondary N) is 1. The van der Waals surface area contributed by atoms with E-state index in [1.165, 1.54) is 12.1 Å². The fourth-order valence-electron chi connectivity index (χ4n) is 1.86. The number of rotatable bonds is 2. The molecule has 3 heterocycles. The van der Waals surface area contributed by atoms with Crippen molar-refractivity contribution in [1.29, 1.82) is 0 Å². The summed E-state index contributed by atoms with van der Waals surface area (Å²) in [5.41, 5.74) is 2.78. The number of pyridine rings is 3. The zero-order chi connectivity index (χ0) is 13.1. The molecule has 0 saturated heterocycles. The van der Waals surface area contributed by atoms with Gasteiger partial charge < -0.3 is 4.98 Å². The van der Waals surface area contributed by atoms with Gasteiger partial charge in [0.1, 0.15) is 0 Å². The molecule has 0 aliphatic heterocycles. The van der Waals surface area contributed by atoms with Crippen LogP contribution in [0.5, 0.6) is 0 Å². The lowest BCUT2D eigenvalue weighted by molar-refractivity contribution is 1.21. The second-order valence-corrected chi connectivity index (χ2v) is 4.07. The number of aromatic nitrogens is 3. The molecule has 0 spiro atoms. The van der Waals surface area contributed by atoms with Gasteiger partial charge in [0.25, 0.3) is 0 Å². The van der Waals surface area contributed by atoms with Crippen LogP contribution in [0.4, 0.5) is 0 Å². The van der Waals surface area contributed by atoms with Crippen molar-refractivity contribution >= 4 is 0 Å². The predicted octanol–water partition coefficient (Wildman–Crippen LogP) is 3.14. The molecule has 0 fully saturated rings. The van der Waals surface area contributed by atoms with Gasteiger partial charge in [0.15, 0.2) is 5.43 Å². The Morgan fingerprint density at radius 3 is 1.70 bits per heavy atom. The second-order valence-electron chi connectivity index (χ2n) is 4.07. The molecular formula is C16H15N3O. The van der Waals surface area contributed by atoms with E-state index in [1.54, 1.807) is 12.4 Å². The van der Waals surface area contributed by atoms with Crippen LogP contribution in [0.2, 0.25) is 0 Å². The molecule has 1 N–H and O–H groups in total. The largest absolute Gasteiger partial charge is 0.352 e. The highest BCUT2D eigenvalue weighted by Gasteiger charge is 2.05. The highest BCUT2D eigenvalue weighted by molar-refractivity contribution is 5.61. The predicted molar refractivity (Wildman–Crippen MR) is 80.3 cm³/mol. The maximum atomic E-state index is 11.8. The van der Waals surface area contributed by atoms with E-state index in [-0.39, 0.29) is 12.9 Å². The first-order valence-corrected chi connectivity index (χ1v) is 5.90. The Labute approximate surface area is 117 Å². The van der Waals surface area contributed by atoms with Gasteiger partial charge in [0.05, 0.1) is 22.8 Å². The fraction of sp³-hybridized carbons (Fsp3) is 0.0625. The highest BCUT2D eigenvalue weighted by Crippen LogP contribution is 2.17. The Bertz CT molecular complexity index is 676. The molecule has 4 heteroatoms. The van der Waals surface area contributed by atoms with Crippen LogP contribution in [0.15, 0.2) is 65.7 Å². The molecule has 0 aromatic carbocycles. The van der Waals surface area contributed by atoms with Crippen LogP contribution in [0, 0.1) is 0 Å². The summed E-state index contributed by atoms with van der Waals surface area (Å²) in [6.45, 7) is 0. The van der Waals surface area contributed by atoms with E-state index in [2.05, 4.69) is 15.0 Å². The average molecular weight is 265 g/mol. The third-order valence-corrected chi connectivity index (χ3v) is 2.72. The summed E-state index contributed by atoms with van der Waals surface area (Å²) in [6.07, 6.45) is 3.39. The van der Waals surface area contributed by atoms with Crippen LogP contribution >= 0.6 is 0 Å². The van der Waals surface area contributed by atoms with E-state index in [1.807, 2.05) is 36.4 Å². The number of hydrogen-bond acceptors (Lipinski definition) is 3. The molecule has 3 aromatic rings. The van der Waals surface area contributed by atoms with Gasteiger partial charge in [-0.05, 0) is 24.3 Å². The fourth-order valence-corrected chi connectivity index (χ4v) is 1.86. The zero-order valence-electron chi connectivity index (χ0n) is 10.1. The minimum atomic E-state index is -0.0694. The lowest BCUT2D eigenvalue weighted by atomic mass is 10.2. The van der Waals surface area contributed by atoms with Crippen LogP contribution in [-0.4, -0.2) is 15.0 Å². The van der Waals surface area contributed by atoms with Gasteiger partial charge in [-0.25, -0.2) is 0 Å². The molecule has 0 bridgehead atoms. The van der Waals surface area contributed by atoms with Gasteiger partial charge in [0.2, 0.25) is 0 Å². The van der Waals surface area contributed by atoms with Gasteiger partial charge in [0, 0.05) is 24.5 Å². The Morgan fingerprint density at radius 1 is 0.800 bits per heavy atom. The topological polar surface area (TPSA) is 58.6 Å². The van der Waals surface area contributed by atoms with Gasteiger partial charge in [-0.15, -0.1) is 0 Å². The molecule has 3 aromatic heterocycles. The van der Waals surface area contributed by atoms with Crippen LogP contribution in [-0.2, 0) is 0 Å². The van der Waals surface area contributed by atoms with E-state index in [4.69, 9.17) is 0 Å². The molecule has 4 nitrogen and oxygen atoms in total. The minimum absolute atomic E-state index is 0. The SMILES string of the molecule is C.O=c1cc(-c2ccccn2)[nH]c(-c2ccccn2)c1. The van der Waals surface area contributed by atoms with Gasteiger partial charge in [-0.1, -0.05) is 19.6 Å². The molecule has 0 atom stereocenters. The maximum absolute atomic E-state index is 11.8. The van der Waals surface area contributed by atoms with Crippen molar-refractivity contribution in [2.24, 2.45) is 0 Å². The molecule has 0 aliphatic rings. The second kappa shape index (κ2) is 5.93. The number of H-pyrrole nitrogens is 1. The van der Waals surface area contributed by atoms with Crippen molar-refractivity contribution in [2.45, 2.75) is 7.43 Å². The summed E-state index contributed by atoms with van der Waals surface area (Å²) >= 11 is 0. The van der Waals surface area contributed by atoms with Gasteiger partial charge in [-0.3, -0.25) is 14.8 Å². The quantitative estimate of drug-likeness (QED) is 0.774. The third kappa shape index (κ3) is 2.80. The molecule has 0 unspecified atom stereocenters. The Kier molecular flexibility index (Phi) is 4.05. The minimum Gasteiger partial charge on any atom is -0.352 e. The van der Waals surface area contributed by atoms with E-state index in [0.717, 1.165) is 11.4 Å².